The van der Waals surface area contributed by atoms with Crippen LogP contribution in [-0.4, -0.2) is 24.2 Å². The van der Waals surface area contributed by atoms with Crippen LogP contribution in [0.3, 0.4) is 0 Å². The number of nitrogens with zero attached hydrogens (tertiary/aromatic N) is 1. The molecule has 132 valence electrons. The van der Waals surface area contributed by atoms with Crippen LogP contribution in [0, 0.1) is 13.8 Å². The van der Waals surface area contributed by atoms with Gasteiger partial charge in [0, 0.05) is 30.5 Å². The molecule has 1 heterocycles. The number of hydrogen-bond donors (Lipinski definition) is 2. The molecule has 3 nitrogen and oxygen atoms in total. The predicted octanol–water partition coefficient (Wildman–Crippen LogP) is 4.43. The summed E-state index contributed by atoms with van der Waals surface area (Å²) in [6.45, 7) is 8.44. The van der Waals surface area contributed by atoms with E-state index in [0.29, 0.717) is 11.2 Å². The summed E-state index contributed by atoms with van der Waals surface area (Å²) in [5.41, 5.74) is 6.42. The van der Waals surface area contributed by atoms with Gasteiger partial charge in [0.25, 0.3) is 0 Å². The second-order valence-electron chi connectivity index (χ2n) is 6.93. The van der Waals surface area contributed by atoms with E-state index in [2.05, 4.69) is 78.8 Å². The summed E-state index contributed by atoms with van der Waals surface area (Å²) in [6, 6.07) is 15.7. The number of para-hydroxylation sites is 1. The maximum Gasteiger partial charge on any atom is 0.170 e. The highest BCUT2D eigenvalue weighted by Crippen LogP contribution is 2.31. The van der Waals surface area contributed by atoms with E-state index in [1.807, 2.05) is 0 Å². The van der Waals surface area contributed by atoms with Crippen LogP contribution in [0.15, 0.2) is 42.5 Å². The van der Waals surface area contributed by atoms with E-state index in [1.165, 1.54) is 22.4 Å². The van der Waals surface area contributed by atoms with E-state index in [9.17, 15) is 0 Å². The van der Waals surface area contributed by atoms with Crippen LogP contribution in [0.5, 0.6) is 0 Å². The molecule has 3 rings (SSSR count). The first-order chi connectivity index (χ1) is 12.0. The first-order valence-electron chi connectivity index (χ1n) is 9.01. The van der Waals surface area contributed by atoms with Gasteiger partial charge in [-0.1, -0.05) is 35.9 Å². The van der Waals surface area contributed by atoms with Gasteiger partial charge in [0.2, 0.25) is 0 Å². The average molecular weight is 354 g/mol. The largest absolute Gasteiger partial charge is 0.368 e. The zero-order valence-electron chi connectivity index (χ0n) is 15.3. The van der Waals surface area contributed by atoms with Crippen LogP contribution in [-0.2, 0) is 6.42 Å². The summed E-state index contributed by atoms with van der Waals surface area (Å²) in [5, 5.41) is 7.32. The maximum atomic E-state index is 5.43. The molecule has 1 aliphatic heterocycles. The summed E-state index contributed by atoms with van der Waals surface area (Å²) in [7, 11) is 0. The Morgan fingerprint density at radius 1 is 1.20 bits per heavy atom. The minimum absolute atomic E-state index is 0.581. The van der Waals surface area contributed by atoms with E-state index >= 15 is 0 Å². The van der Waals surface area contributed by atoms with Crippen molar-refractivity contribution in [3.05, 3.63) is 59.2 Å². The third-order valence-corrected chi connectivity index (χ3v) is 5.09. The van der Waals surface area contributed by atoms with Crippen LogP contribution >= 0.6 is 12.2 Å². The number of thiocarbonyl (C=S) groups is 1. The molecule has 0 saturated carbocycles. The van der Waals surface area contributed by atoms with Gasteiger partial charge in [-0.3, -0.25) is 0 Å². The summed E-state index contributed by atoms with van der Waals surface area (Å²) >= 11 is 5.43. The second-order valence-corrected chi connectivity index (χ2v) is 7.34. The van der Waals surface area contributed by atoms with Crippen LogP contribution in [0.2, 0.25) is 0 Å². The second kappa shape index (κ2) is 7.87. The Morgan fingerprint density at radius 3 is 2.80 bits per heavy atom. The molecule has 2 aromatic carbocycles. The Morgan fingerprint density at radius 2 is 2.00 bits per heavy atom. The van der Waals surface area contributed by atoms with E-state index < -0.39 is 0 Å². The smallest absolute Gasteiger partial charge is 0.170 e. The van der Waals surface area contributed by atoms with Gasteiger partial charge in [0.1, 0.15) is 0 Å². The van der Waals surface area contributed by atoms with Gasteiger partial charge < -0.3 is 15.5 Å². The van der Waals surface area contributed by atoms with Gasteiger partial charge in [0.05, 0.1) is 0 Å². The molecule has 0 aliphatic carbocycles. The topological polar surface area (TPSA) is 27.3 Å². The number of benzene rings is 2. The highest BCUT2D eigenvalue weighted by atomic mass is 32.1. The minimum Gasteiger partial charge on any atom is -0.368 e. The fraction of sp³-hybridized carbons (Fsp3) is 0.381. The zero-order valence-corrected chi connectivity index (χ0v) is 16.1. The van der Waals surface area contributed by atoms with Gasteiger partial charge in [-0.05, 0) is 69.1 Å². The molecule has 0 unspecified atom stereocenters. The fourth-order valence-corrected chi connectivity index (χ4v) is 3.75. The van der Waals surface area contributed by atoms with Crippen molar-refractivity contribution in [1.29, 1.82) is 0 Å². The van der Waals surface area contributed by atoms with Crippen LogP contribution in [0.1, 0.15) is 30.0 Å². The lowest BCUT2D eigenvalue weighted by atomic mass is 10.1. The Bertz CT molecular complexity index is 757. The van der Waals surface area contributed by atoms with E-state index in [1.54, 1.807) is 0 Å². The summed E-state index contributed by atoms with van der Waals surface area (Å²) in [4.78, 5) is 2.51. The number of hydrogen-bond acceptors (Lipinski definition) is 2. The molecule has 25 heavy (non-hydrogen) atoms. The summed E-state index contributed by atoms with van der Waals surface area (Å²) in [6.07, 6.45) is 2.21. The van der Waals surface area contributed by atoms with Crippen molar-refractivity contribution in [2.45, 2.75) is 39.7 Å². The maximum absolute atomic E-state index is 5.43. The molecule has 1 aliphatic rings. The van der Waals surface area contributed by atoms with Crippen LogP contribution in [0.4, 0.5) is 11.4 Å². The lowest BCUT2D eigenvalue weighted by Crippen LogP contribution is -2.34. The number of anilines is 2. The standard InChI is InChI=1S/C21H27N3S/c1-15-9-10-19(16(2)13-15)23-21(25)22-11-6-12-24-17(3)14-18-7-4-5-8-20(18)24/h4-5,7-10,13,17H,6,11-12,14H2,1-3H3,(H2,22,23,25)/t17-/m1/s1. The molecule has 4 heteroatoms. The third kappa shape index (κ3) is 4.31. The minimum atomic E-state index is 0.581. The Balaban J connectivity index is 1.45. The van der Waals surface area contributed by atoms with Gasteiger partial charge in [-0.15, -0.1) is 0 Å². The van der Waals surface area contributed by atoms with Crippen LogP contribution in [0.25, 0.3) is 0 Å². The van der Waals surface area contributed by atoms with Gasteiger partial charge in [-0.2, -0.15) is 0 Å². The van der Waals surface area contributed by atoms with E-state index in [0.717, 1.165) is 31.6 Å². The normalized spacial score (nSPS) is 15.8. The Labute approximate surface area is 156 Å². The number of fused-ring (bicyclic) bond motifs is 1. The SMILES string of the molecule is Cc1ccc(NC(=S)NCCCN2c3ccccc3C[C@H]2C)c(C)c1. The summed E-state index contributed by atoms with van der Waals surface area (Å²) < 4.78 is 0. The van der Waals surface area contributed by atoms with Gasteiger partial charge in [-0.25, -0.2) is 0 Å². The monoisotopic (exact) mass is 353 g/mol. The van der Waals surface area contributed by atoms with Crippen molar-refractivity contribution < 1.29 is 0 Å². The first-order valence-corrected chi connectivity index (χ1v) is 9.42. The molecule has 0 bridgehead atoms. The van der Waals surface area contributed by atoms with Crippen molar-refractivity contribution in [2.75, 3.05) is 23.3 Å². The zero-order chi connectivity index (χ0) is 17.8. The molecular formula is C21H27N3S. The average Bonchev–Trinajstić information content (AvgIpc) is 2.90. The van der Waals surface area contributed by atoms with Gasteiger partial charge in [0.15, 0.2) is 5.11 Å². The highest BCUT2D eigenvalue weighted by molar-refractivity contribution is 7.80. The number of aryl methyl sites for hydroxylation is 2. The molecule has 0 fully saturated rings. The molecule has 0 radical (unpaired) electrons. The van der Waals surface area contributed by atoms with Crippen molar-refractivity contribution in [3.8, 4) is 0 Å². The molecule has 1 atom stereocenters. The van der Waals surface area contributed by atoms with E-state index in [4.69, 9.17) is 12.2 Å². The molecule has 0 amide bonds. The van der Waals surface area contributed by atoms with Gasteiger partial charge >= 0.3 is 0 Å². The van der Waals surface area contributed by atoms with Crippen molar-refractivity contribution in [1.82, 2.24) is 5.32 Å². The Hall–Kier alpha value is -2.07. The highest BCUT2D eigenvalue weighted by Gasteiger charge is 2.24. The fourth-order valence-electron chi connectivity index (χ4n) is 3.54. The Kier molecular flexibility index (Phi) is 5.59. The predicted molar refractivity (Wildman–Crippen MR) is 112 cm³/mol. The number of rotatable bonds is 5. The van der Waals surface area contributed by atoms with Crippen molar-refractivity contribution >= 4 is 28.7 Å². The molecule has 0 saturated heterocycles. The third-order valence-electron chi connectivity index (χ3n) is 4.84. The molecule has 2 aromatic rings. The van der Waals surface area contributed by atoms with E-state index in [-0.39, 0.29) is 0 Å². The molecular weight excluding hydrogens is 326 g/mol. The number of nitrogens with one attached hydrogen (secondary N) is 2. The summed E-state index contributed by atoms with van der Waals surface area (Å²) in [5.74, 6) is 0. The molecule has 0 spiro atoms. The van der Waals surface area contributed by atoms with Crippen molar-refractivity contribution in [3.63, 3.8) is 0 Å². The first kappa shape index (κ1) is 17.7. The lowest BCUT2D eigenvalue weighted by Gasteiger charge is -2.25. The molecule has 0 aromatic heterocycles. The van der Waals surface area contributed by atoms with Crippen molar-refractivity contribution in [2.24, 2.45) is 0 Å². The quantitative estimate of drug-likeness (QED) is 0.614. The van der Waals surface area contributed by atoms with Crippen LogP contribution < -0.4 is 15.5 Å². The molecule has 2 N–H and O–H groups in total. The lowest BCUT2D eigenvalue weighted by molar-refractivity contribution is 0.641.